The number of thiophene rings is 1. The van der Waals surface area contributed by atoms with Crippen molar-refractivity contribution in [3.8, 4) is 0 Å². The Morgan fingerprint density at radius 2 is 2.00 bits per heavy atom. The van der Waals surface area contributed by atoms with Crippen molar-refractivity contribution in [2.24, 2.45) is 0 Å². The summed E-state index contributed by atoms with van der Waals surface area (Å²) in [5, 5.41) is 11.1. The lowest BCUT2D eigenvalue weighted by Crippen LogP contribution is -2.20. The Kier molecular flexibility index (Phi) is 4.95. The molecule has 2 N–H and O–H groups in total. The molecule has 2 aromatic heterocycles. The van der Waals surface area contributed by atoms with Crippen molar-refractivity contribution in [2.45, 2.75) is 40.2 Å². The van der Waals surface area contributed by atoms with Crippen LogP contribution in [0.1, 0.15) is 30.8 Å². The van der Waals surface area contributed by atoms with E-state index in [0.29, 0.717) is 6.04 Å². The van der Waals surface area contributed by atoms with Crippen LogP contribution in [0.15, 0.2) is 16.8 Å². The number of anilines is 2. The summed E-state index contributed by atoms with van der Waals surface area (Å²) < 4.78 is 0. The molecule has 0 bridgehead atoms. The zero-order valence-electron chi connectivity index (χ0n) is 12.5. The molecule has 0 aliphatic heterocycles. The number of nitrogens with one attached hydrogen (secondary N) is 2. The molecule has 0 fully saturated rings. The molecule has 0 spiro atoms. The van der Waals surface area contributed by atoms with Gasteiger partial charge in [0.1, 0.15) is 17.5 Å². The van der Waals surface area contributed by atoms with Crippen molar-refractivity contribution in [2.75, 3.05) is 17.2 Å². The fraction of sp³-hybridized carbons (Fsp3) is 0.467. The molecule has 0 aliphatic carbocycles. The Hall–Kier alpha value is -1.62. The lowest BCUT2D eigenvalue weighted by atomic mass is 10.1. The van der Waals surface area contributed by atoms with Crippen LogP contribution in [0.4, 0.5) is 11.6 Å². The first-order chi connectivity index (χ1) is 9.60. The van der Waals surface area contributed by atoms with Crippen LogP contribution >= 0.6 is 11.3 Å². The lowest BCUT2D eigenvalue weighted by molar-refractivity contribution is 0.782. The third-order valence-corrected chi connectivity index (χ3v) is 3.84. The molecule has 2 rings (SSSR count). The average molecular weight is 290 g/mol. The summed E-state index contributed by atoms with van der Waals surface area (Å²) >= 11 is 1.74. The van der Waals surface area contributed by atoms with Gasteiger partial charge < -0.3 is 10.6 Å². The standard InChI is InChI=1S/C15H22N4S/c1-5-16-14-11(3)15(19-12(4)18-14)17-10(2)8-13-6-7-20-9-13/h6-7,9-10H,5,8H2,1-4H3,(H2,16,17,18,19). The summed E-state index contributed by atoms with van der Waals surface area (Å²) in [6, 6.07) is 2.51. The largest absolute Gasteiger partial charge is 0.370 e. The highest BCUT2D eigenvalue weighted by Crippen LogP contribution is 2.21. The third-order valence-electron chi connectivity index (χ3n) is 3.11. The number of hydrogen-bond acceptors (Lipinski definition) is 5. The van der Waals surface area contributed by atoms with Crippen LogP contribution in [0.25, 0.3) is 0 Å². The van der Waals surface area contributed by atoms with Gasteiger partial charge >= 0.3 is 0 Å². The molecule has 108 valence electrons. The number of rotatable bonds is 6. The van der Waals surface area contributed by atoms with Gasteiger partial charge in [-0.25, -0.2) is 9.97 Å². The van der Waals surface area contributed by atoms with E-state index in [0.717, 1.165) is 36.0 Å². The molecule has 4 nitrogen and oxygen atoms in total. The van der Waals surface area contributed by atoms with Gasteiger partial charge in [0.25, 0.3) is 0 Å². The molecular formula is C15H22N4S. The van der Waals surface area contributed by atoms with E-state index in [-0.39, 0.29) is 0 Å². The highest BCUT2D eigenvalue weighted by Gasteiger charge is 2.11. The Morgan fingerprint density at radius 1 is 1.25 bits per heavy atom. The maximum Gasteiger partial charge on any atom is 0.134 e. The van der Waals surface area contributed by atoms with Gasteiger partial charge in [0, 0.05) is 18.2 Å². The third kappa shape index (κ3) is 3.70. The van der Waals surface area contributed by atoms with Crippen LogP contribution in [-0.4, -0.2) is 22.6 Å². The maximum atomic E-state index is 4.53. The summed E-state index contributed by atoms with van der Waals surface area (Å²) in [5.74, 6) is 2.64. The van der Waals surface area contributed by atoms with Crippen LogP contribution in [0.3, 0.4) is 0 Å². The Morgan fingerprint density at radius 3 is 2.65 bits per heavy atom. The number of aryl methyl sites for hydroxylation is 1. The monoisotopic (exact) mass is 290 g/mol. The van der Waals surface area contributed by atoms with Crippen molar-refractivity contribution in [3.05, 3.63) is 33.8 Å². The molecule has 5 heteroatoms. The summed E-state index contributed by atoms with van der Waals surface area (Å²) in [6.45, 7) is 9.10. The minimum atomic E-state index is 0.340. The van der Waals surface area contributed by atoms with Gasteiger partial charge in [-0.3, -0.25) is 0 Å². The van der Waals surface area contributed by atoms with E-state index in [4.69, 9.17) is 0 Å². The van der Waals surface area contributed by atoms with E-state index in [2.05, 4.69) is 58.2 Å². The minimum absolute atomic E-state index is 0.340. The van der Waals surface area contributed by atoms with Crippen LogP contribution in [0.5, 0.6) is 0 Å². The van der Waals surface area contributed by atoms with Crippen LogP contribution < -0.4 is 10.6 Å². The molecule has 0 radical (unpaired) electrons. The summed E-state index contributed by atoms with van der Waals surface area (Å²) in [6.07, 6.45) is 1.00. The second-order valence-corrected chi connectivity index (χ2v) is 5.78. The highest BCUT2D eigenvalue weighted by atomic mass is 32.1. The van der Waals surface area contributed by atoms with E-state index < -0.39 is 0 Å². The van der Waals surface area contributed by atoms with Gasteiger partial charge in [0.15, 0.2) is 0 Å². The molecular weight excluding hydrogens is 268 g/mol. The molecule has 0 saturated heterocycles. The van der Waals surface area contributed by atoms with Gasteiger partial charge in [0.2, 0.25) is 0 Å². The van der Waals surface area contributed by atoms with E-state index in [1.54, 1.807) is 11.3 Å². The van der Waals surface area contributed by atoms with E-state index >= 15 is 0 Å². The van der Waals surface area contributed by atoms with Crippen molar-refractivity contribution in [1.29, 1.82) is 0 Å². The predicted octanol–water partition coefficient (Wildman–Crippen LogP) is 3.63. The van der Waals surface area contributed by atoms with Gasteiger partial charge in [-0.05, 0) is 56.5 Å². The molecule has 0 aromatic carbocycles. The topological polar surface area (TPSA) is 49.8 Å². The molecule has 1 unspecified atom stereocenters. The second-order valence-electron chi connectivity index (χ2n) is 5.00. The molecule has 20 heavy (non-hydrogen) atoms. The molecule has 0 amide bonds. The Labute approximate surface area is 124 Å². The SMILES string of the molecule is CCNc1nc(C)nc(NC(C)Cc2ccsc2)c1C. The zero-order chi connectivity index (χ0) is 14.5. The quantitative estimate of drug-likeness (QED) is 0.853. The van der Waals surface area contributed by atoms with E-state index in [9.17, 15) is 0 Å². The van der Waals surface area contributed by atoms with Crippen LogP contribution in [0, 0.1) is 13.8 Å². The second kappa shape index (κ2) is 6.70. The van der Waals surface area contributed by atoms with Gasteiger partial charge in [-0.15, -0.1) is 0 Å². The number of nitrogens with zero attached hydrogens (tertiary/aromatic N) is 2. The summed E-state index contributed by atoms with van der Waals surface area (Å²) in [5.41, 5.74) is 2.44. The molecule has 0 aliphatic rings. The molecule has 2 aromatic rings. The highest BCUT2D eigenvalue weighted by molar-refractivity contribution is 7.07. The summed E-state index contributed by atoms with van der Waals surface area (Å²) in [4.78, 5) is 8.97. The van der Waals surface area contributed by atoms with Gasteiger partial charge in [-0.1, -0.05) is 0 Å². The Bertz CT molecular complexity index is 551. The maximum absolute atomic E-state index is 4.53. The average Bonchev–Trinajstić information content (AvgIpc) is 2.88. The molecule has 0 saturated carbocycles. The number of hydrogen-bond donors (Lipinski definition) is 2. The Balaban J connectivity index is 2.11. The van der Waals surface area contributed by atoms with Crippen molar-refractivity contribution >= 4 is 23.0 Å². The van der Waals surface area contributed by atoms with Gasteiger partial charge in [-0.2, -0.15) is 11.3 Å². The molecule has 2 heterocycles. The number of aromatic nitrogens is 2. The van der Waals surface area contributed by atoms with Gasteiger partial charge in [0.05, 0.1) is 0 Å². The predicted molar refractivity (Wildman–Crippen MR) is 86.8 cm³/mol. The first-order valence-corrected chi connectivity index (χ1v) is 7.91. The van der Waals surface area contributed by atoms with E-state index in [1.807, 2.05) is 6.92 Å². The van der Waals surface area contributed by atoms with Crippen LogP contribution in [-0.2, 0) is 6.42 Å². The lowest BCUT2D eigenvalue weighted by Gasteiger charge is -2.18. The minimum Gasteiger partial charge on any atom is -0.370 e. The fourth-order valence-electron chi connectivity index (χ4n) is 2.16. The van der Waals surface area contributed by atoms with Crippen molar-refractivity contribution < 1.29 is 0 Å². The van der Waals surface area contributed by atoms with Crippen molar-refractivity contribution in [1.82, 2.24) is 9.97 Å². The normalized spacial score (nSPS) is 12.2. The zero-order valence-corrected chi connectivity index (χ0v) is 13.3. The van der Waals surface area contributed by atoms with Crippen molar-refractivity contribution in [3.63, 3.8) is 0 Å². The first kappa shape index (κ1) is 14.8. The summed E-state index contributed by atoms with van der Waals surface area (Å²) in [7, 11) is 0. The van der Waals surface area contributed by atoms with Crippen LogP contribution in [0.2, 0.25) is 0 Å². The fourth-order valence-corrected chi connectivity index (χ4v) is 2.84. The van der Waals surface area contributed by atoms with E-state index in [1.165, 1.54) is 5.56 Å². The molecule has 1 atom stereocenters. The first-order valence-electron chi connectivity index (χ1n) is 6.97. The smallest absolute Gasteiger partial charge is 0.134 e.